The molecule has 6 nitrogen and oxygen atoms in total. The number of nitrogens with zero attached hydrogens (tertiary/aromatic N) is 1. The fourth-order valence-corrected chi connectivity index (χ4v) is 2.98. The molecule has 1 atom stereocenters. The Balaban J connectivity index is 1.87. The van der Waals surface area contributed by atoms with E-state index in [1.807, 2.05) is 24.4 Å². The first kappa shape index (κ1) is 14.6. The van der Waals surface area contributed by atoms with Crippen molar-refractivity contribution >= 4 is 34.8 Å². The molecule has 106 valence electrons. The molecule has 1 unspecified atom stereocenters. The summed E-state index contributed by atoms with van der Waals surface area (Å²) < 4.78 is 0. The summed E-state index contributed by atoms with van der Waals surface area (Å²) in [6, 6.07) is 5.08. The Kier molecular flexibility index (Phi) is 4.80. The molecule has 0 saturated carbocycles. The lowest BCUT2D eigenvalue weighted by Gasteiger charge is -2.11. The first-order valence-corrected chi connectivity index (χ1v) is 7.73. The number of carbonyl (C=O) groups excluding carboxylic acids is 1. The summed E-state index contributed by atoms with van der Waals surface area (Å²) in [6.07, 6.45) is 0. The zero-order valence-corrected chi connectivity index (χ0v) is 12.4. The van der Waals surface area contributed by atoms with E-state index >= 15 is 0 Å². The molecule has 0 aromatic carbocycles. The van der Waals surface area contributed by atoms with Gasteiger partial charge in [0, 0.05) is 10.9 Å². The van der Waals surface area contributed by atoms with Crippen LogP contribution in [0, 0.1) is 0 Å². The molecule has 0 spiro atoms. The van der Waals surface area contributed by atoms with E-state index < -0.39 is 0 Å². The summed E-state index contributed by atoms with van der Waals surface area (Å²) in [5, 5.41) is 5.19. The molecular weight excluding hydrogens is 296 g/mol. The van der Waals surface area contributed by atoms with E-state index in [9.17, 15) is 9.59 Å². The lowest BCUT2D eigenvalue weighted by atomic mass is 10.3. The molecule has 0 aliphatic rings. The number of nitrogens with two attached hydrogens (primary N) is 1. The normalized spacial score (nSPS) is 12.1. The highest BCUT2D eigenvalue weighted by Gasteiger charge is 2.11. The third-order valence-electron chi connectivity index (χ3n) is 2.43. The Bertz CT molecular complexity index is 639. The number of thiophene rings is 1. The molecule has 1 amide bonds. The van der Waals surface area contributed by atoms with Crippen molar-refractivity contribution in [2.24, 2.45) is 0 Å². The van der Waals surface area contributed by atoms with Gasteiger partial charge in [-0.3, -0.25) is 9.59 Å². The van der Waals surface area contributed by atoms with Gasteiger partial charge < -0.3 is 16.0 Å². The molecule has 0 fully saturated rings. The summed E-state index contributed by atoms with van der Waals surface area (Å²) >= 11 is 2.73. The average Bonchev–Trinajstić information content (AvgIpc) is 2.89. The van der Waals surface area contributed by atoms with Crippen molar-refractivity contribution in [3.63, 3.8) is 0 Å². The number of hydrogen-bond donors (Lipinski definition) is 3. The minimum atomic E-state index is -0.327. The lowest BCUT2D eigenvalue weighted by Crippen LogP contribution is -2.27. The van der Waals surface area contributed by atoms with E-state index in [2.05, 4.69) is 15.3 Å². The van der Waals surface area contributed by atoms with Gasteiger partial charge in [-0.15, -0.1) is 11.3 Å². The van der Waals surface area contributed by atoms with Crippen LogP contribution in [0.2, 0.25) is 0 Å². The molecule has 0 saturated heterocycles. The Hall–Kier alpha value is -1.80. The zero-order chi connectivity index (χ0) is 14.5. The third-order valence-corrected chi connectivity index (χ3v) is 4.36. The predicted molar refractivity (Wildman–Crippen MR) is 80.9 cm³/mol. The number of rotatable bonds is 5. The van der Waals surface area contributed by atoms with E-state index in [0.29, 0.717) is 5.16 Å². The summed E-state index contributed by atoms with van der Waals surface area (Å²) in [5.41, 5.74) is 5.14. The number of thioether (sulfide) groups is 1. The van der Waals surface area contributed by atoms with E-state index in [0.717, 1.165) is 16.6 Å². The molecule has 2 heterocycles. The maximum Gasteiger partial charge on any atom is 0.253 e. The number of H-pyrrole nitrogens is 1. The van der Waals surface area contributed by atoms with Crippen molar-refractivity contribution in [2.75, 3.05) is 11.5 Å². The van der Waals surface area contributed by atoms with E-state index in [1.54, 1.807) is 11.3 Å². The SMILES string of the molecule is CC(NC(=O)CSc1nc(N)cc(=O)[nH]1)c1cccs1. The van der Waals surface area contributed by atoms with Crippen LogP contribution in [0.5, 0.6) is 0 Å². The highest BCUT2D eigenvalue weighted by molar-refractivity contribution is 7.99. The lowest BCUT2D eigenvalue weighted by molar-refractivity contribution is -0.119. The van der Waals surface area contributed by atoms with Crippen molar-refractivity contribution < 1.29 is 4.79 Å². The molecule has 0 radical (unpaired) electrons. The highest BCUT2D eigenvalue weighted by atomic mass is 32.2. The van der Waals surface area contributed by atoms with Crippen molar-refractivity contribution in [3.8, 4) is 0 Å². The van der Waals surface area contributed by atoms with Crippen LogP contribution in [-0.4, -0.2) is 21.6 Å². The Morgan fingerprint density at radius 3 is 3.10 bits per heavy atom. The Morgan fingerprint density at radius 2 is 2.45 bits per heavy atom. The van der Waals surface area contributed by atoms with Crippen molar-refractivity contribution in [3.05, 3.63) is 38.8 Å². The maximum atomic E-state index is 11.8. The number of nitrogen functional groups attached to an aromatic ring is 1. The van der Waals surface area contributed by atoms with Gasteiger partial charge >= 0.3 is 0 Å². The number of nitrogens with one attached hydrogen (secondary N) is 2. The summed E-state index contributed by atoms with van der Waals surface area (Å²) in [7, 11) is 0. The largest absolute Gasteiger partial charge is 0.383 e. The van der Waals surface area contributed by atoms with Crippen molar-refractivity contribution in [1.82, 2.24) is 15.3 Å². The Morgan fingerprint density at radius 1 is 1.65 bits per heavy atom. The first-order valence-electron chi connectivity index (χ1n) is 5.87. The standard InChI is InChI=1S/C12H14N4O2S2/c1-7(8-3-2-4-19-8)14-11(18)6-20-12-15-9(13)5-10(17)16-12/h2-5,7H,6H2,1H3,(H,14,18)(H3,13,15,16,17). The minimum absolute atomic E-state index is 0.0315. The maximum absolute atomic E-state index is 11.8. The van der Waals surface area contributed by atoms with Crippen molar-refractivity contribution in [1.29, 1.82) is 0 Å². The second kappa shape index (κ2) is 6.58. The molecule has 0 aliphatic carbocycles. The second-order valence-electron chi connectivity index (χ2n) is 4.07. The molecule has 2 aromatic heterocycles. The van der Waals surface area contributed by atoms with Crippen LogP contribution in [0.15, 0.2) is 33.5 Å². The van der Waals surface area contributed by atoms with Crippen LogP contribution >= 0.6 is 23.1 Å². The molecule has 20 heavy (non-hydrogen) atoms. The summed E-state index contributed by atoms with van der Waals surface area (Å²) in [5.74, 6) is 0.187. The van der Waals surface area contributed by atoms with Gasteiger partial charge in [-0.1, -0.05) is 17.8 Å². The quantitative estimate of drug-likeness (QED) is 0.572. The molecule has 0 bridgehead atoms. The van der Waals surface area contributed by atoms with Gasteiger partial charge in [-0.25, -0.2) is 4.98 Å². The molecular formula is C12H14N4O2S2. The number of aromatic amines is 1. The van der Waals surface area contributed by atoms with Crippen LogP contribution in [-0.2, 0) is 4.79 Å². The first-order chi connectivity index (χ1) is 9.54. The van der Waals surface area contributed by atoms with Crippen molar-refractivity contribution in [2.45, 2.75) is 18.1 Å². The van der Waals surface area contributed by atoms with Gasteiger partial charge in [0.1, 0.15) is 5.82 Å². The van der Waals surface area contributed by atoms with Gasteiger partial charge in [0.2, 0.25) is 5.91 Å². The van der Waals surface area contributed by atoms with Crippen LogP contribution in [0.4, 0.5) is 5.82 Å². The minimum Gasteiger partial charge on any atom is -0.383 e. The van der Waals surface area contributed by atoms with Gasteiger partial charge in [0.25, 0.3) is 5.56 Å². The van der Waals surface area contributed by atoms with E-state index in [-0.39, 0.29) is 29.1 Å². The van der Waals surface area contributed by atoms with Gasteiger partial charge in [-0.05, 0) is 18.4 Å². The molecule has 8 heteroatoms. The number of hydrogen-bond acceptors (Lipinski definition) is 6. The van der Waals surface area contributed by atoms with Gasteiger partial charge in [0.15, 0.2) is 5.16 Å². The van der Waals surface area contributed by atoms with Gasteiger partial charge in [0.05, 0.1) is 11.8 Å². The monoisotopic (exact) mass is 310 g/mol. The molecule has 2 rings (SSSR count). The highest BCUT2D eigenvalue weighted by Crippen LogP contribution is 2.18. The van der Waals surface area contributed by atoms with E-state index in [4.69, 9.17) is 5.73 Å². The average molecular weight is 310 g/mol. The fraction of sp³-hybridized carbons (Fsp3) is 0.250. The van der Waals surface area contributed by atoms with Crippen LogP contribution in [0.1, 0.15) is 17.8 Å². The molecule has 2 aromatic rings. The van der Waals surface area contributed by atoms with Gasteiger partial charge in [-0.2, -0.15) is 0 Å². The number of anilines is 1. The third kappa shape index (κ3) is 4.10. The van der Waals surface area contributed by atoms with E-state index in [1.165, 1.54) is 6.07 Å². The Labute approximate surface area is 123 Å². The number of amides is 1. The predicted octanol–water partition coefficient (Wildman–Crippen LogP) is 1.38. The second-order valence-corrected chi connectivity index (χ2v) is 6.01. The smallest absolute Gasteiger partial charge is 0.253 e. The summed E-state index contributed by atoms with van der Waals surface area (Å²) in [6.45, 7) is 1.93. The summed E-state index contributed by atoms with van der Waals surface area (Å²) in [4.78, 5) is 30.6. The molecule has 4 N–H and O–H groups in total. The number of aromatic nitrogens is 2. The fourth-order valence-electron chi connectivity index (χ4n) is 1.55. The topological polar surface area (TPSA) is 101 Å². The van der Waals surface area contributed by atoms with Crippen LogP contribution in [0.25, 0.3) is 0 Å². The number of carbonyl (C=O) groups is 1. The van der Waals surface area contributed by atoms with Crippen LogP contribution in [0.3, 0.4) is 0 Å². The van der Waals surface area contributed by atoms with Crippen LogP contribution < -0.4 is 16.6 Å². The molecule has 0 aliphatic heterocycles. The zero-order valence-electron chi connectivity index (χ0n) is 10.8.